The van der Waals surface area contributed by atoms with E-state index in [1.165, 1.54) is 0 Å². The third-order valence-electron chi connectivity index (χ3n) is 1.93. The topological polar surface area (TPSA) is 60.5 Å². The maximum Gasteiger partial charge on any atom is 0.121 e. The van der Waals surface area contributed by atoms with Gasteiger partial charge in [0.25, 0.3) is 0 Å². The molecular formula is C9H10BrN3O. The molecular weight excluding hydrogens is 246 g/mol. The van der Waals surface area contributed by atoms with E-state index in [2.05, 4.69) is 25.9 Å². The molecule has 1 atom stereocenters. The fraction of sp³-hybridized carbons (Fsp3) is 0.333. The monoisotopic (exact) mass is 255 g/mol. The van der Waals surface area contributed by atoms with Crippen molar-refractivity contribution in [3.8, 4) is 0 Å². The zero-order chi connectivity index (χ0) is 9.97. The van der Waals surface area contributed by atoms with Crippen LogP contribution in [0.25, 0.3) is 0 Å². The molecule has 2 N–H and O–H groups in total. The molecule has 0 amide bonds. The average Bonchev–Trinajstić information content (AvgIpc) is 2.18. The van der Waals surface area contributed by atoms with E-state index in [0.717, 1.165) is 10.3 Å². The van der Waals surface area contributed by atoms with Gasteiger partial charge in [0.1, 0.15) is 23.1 Å². The van der Waals surface area contributed by atoms with Gasteiger partial charge in [-0.25, -0.2) is 4.98 Å². The number of nitrogens with two attached hydrogens (primary N) is 1. The van der Waals surface area contributed by atoms with Crippen LogP contribution in [0, 0.1) is 0 Å². The van der Waals surface area contributed by atoms with Gasteiger partial charge in [0, 0.05) is 0 Å². The number of hydrogen-bond acceptors (Lipinski definition) is 4. The van der Waals surface area contributed by atoms with Gasteiger partial charge >= 0.3 is 0 Å². The molecule has 1 aliphatic rings. The van der Waals surface area contributed by atoms with Crippen molar-refractivity contribution in [3.05, 3.63) is 28.5 Å². The van der Waals surface area contributed by atoms with Gasteiger partial charge in [-0.15, -0.1) is 0 Å². The zero-order valence-corrected chi connectivity index (χ0v) is 9.07. The van der Waals surface area contributed by atoms with Crippen molar-refractivity contribution in [2.24, 2.45) is 10.7 Å². The van der Waals surface area contributed by atoms with Crippen LogP contribution in [-0.4, -0.2) is 24.0 Å². The van der Waals surface area contributed by atoms with Crippen molar-refractivity contribution < 1.29 is 4.74 Å². The average molecular weight is 256 g/mol. The minimum Gasteiger partial charge on any atom is -0.386 e. The molecule has 1 aromatic rings. The highest BCUT2D eigenvalue weighted by molar-refractivity contribution is 9.10. The molecule has 4 nitrogen and oxygen atoms in total. The molecule has 0 aromatic carbocycles. The second-order valence-corrected chi connectivity index (χ2v) is 3.85. The smallest absolute Gasteiger partial charge is 0.121 e. The molecule has 0 bridgehead atoms. The summed E-state index contributed by atoms with van der Waals surface area (Å²) < 4.78 is 6.08. The summed E-state index contributed by atoms with van der Waals surface area (Å²) in [6, 6.07) is 5.65. The summed E-state index contributed by atoms with van der Waals surface area (Å²) in [7, 11) is 0. The zero-order valence-electron chi connectivity index (χ0n) is 7.48. The van der Waals surface area contributed by atoms with Crippen LogP contribution in [0.4, 0.5) is 0 Å². The Bertz CT molecular complexity index is 367. The van der Waals surface area contributed by atoms with Crippen molar-refractivity contribution in [1.82, 2.24) is 4.98 Å². The lowest BCUT2D eigenvalue weighted by Gasteiger charge is -2.18. The summed E-state index contributed by atoms with van der Waals surface area (Å²) in [5.74, 6) is 0.531. The Morgan fingerprint density at radius 2 is 2.36 bits per heavy atom. The second kappa shape index (κ2) is 4.06. The molecule has 0 saturated carbocycles. The first kappa shape index (κ1) is 9.61. The lowest BCUT2D eigenvalue weighted by atomic mass is 10.2. The van der Waals surface area contributed by atoms with Crippen LogP contribution in [0.15, 0.2) is 27.8 Å². The molecule has 0 spiro atoms. The predicted molar refractivity (Wildman–Crippen MR) is 57.1 cm³/mol. The second-order valence-electron chi connectivity index (χ2n) is 3.04. The Balaban J connectivity index is 2.26. The highest BCUT2D eigenvalue weighted by atomic mass is 79.9. The molecule has 2 heterocycles. The van der Waals surface area contributed by atoms with E-state index >= 15 is 0 Å². The maximum absolute atomic E-state index is 5.59. The molecule has 1 aromatic heterocycles. The largest absolute Gasteiger partial charge is 0.386 e. The normalized spacial score (nSPS) is 21.8. The Morgan fingerprint density at radius 1 is 1.50 bits per heavy atom. The SMILES string of the molecule is NC1=N[C@@H](c2cccc(Br)n2)COC1. The third kappa shape index (κ3) is 2.10. The molecule has 0 saturated heterocycles. The van der Waals surface area contributed by atoms with Crippen molar-refractivity contribution in [2.75, 3.05) is 13.2 Å². The van der Waals surface area contributed by atoms with E-state index < -0.39 is 0 Å². The van der Waals surface area contributed by atoms with Gasteiger partial charge in [0.05, 0.1) is 12.3 Å². The fourth-order valence-corrected chi connectivity index (χ4v) is 1.67. The van der Waals surface area contributed by atoms with Crippen LogP contribution in [-0.2, 0) is 4.74 Å². The Labute approximate surface area is 90.3 Å². The fourth-order valence-electron chi connectivity index (χ4n) is 1.31. The van der Waals surface area contributed by atoms with Gasteiger partial charge in [0.2, 0.25) is 0 Å². The predicted octanol–water partition coefficient (Wildman–Crippen LogP) is 1.27. The number of halogens is 1. The highest BCUT2D eigenvalue weighted by Crippen LogP contribution is 2.19. The molecule has 1 aliphatic heterocycles. The lowest BCUT2D eigenvalue weighted by molar-refractivity contribution is 0.142. The standard InChI is InChI=1S/C9H10BrN3O/c10-8-3-1-2-6(12-8)7-4-14-5-9(11)13-7/h1-3,7H,4-5H2,(H2,11,13)/t7-/m1/s1. The van der Waals surface area contributed by atoms with Gasteiger partial charge in [-0.05, 0) is 28.1 Å². The Morgan fingerprint density at radius 3 is 3.07 bits per heavy atom. The molecule has 5 heteroatoms. The number of aromatic nitrogens is 1. The number of hydrogen-bond donors (Lipinski definition) is 1. The Hall–Kier alpha value is -0.940. The molecule has 0 aliphatic carbocycles. The lowest BCUT2D eigenvalue weighted by Crippen LogP contribution is -2.27. The van der Waals surface area contributed by atoms with Crippen molar-refractivity contribution in [3.63, 3.8) is 0 Å². The molecule has 0 fully saturated rings. The van der Waals surface area contributed by atoms with Crippen LogP contribution in [0.2, 0.25) is 0 Å². The molecule has 0 radical (unpaired) electrons. The quantitative estimate of drug-likeness (QED) is 0.770. The molecule has 2 rings (SSSR count). The number of pyridine rings is 1. The summed E-state index contributed by atoms with van der Waals surface area (Å²) in [6.07, 6.45) is 0. The summed E-state index contributed by atoms with van der Waals surface area (Å²) in [6.45, 7) is 0.967. The first-order valence-electron chi connectivity index (χ1n) is 4.28. The van der Waals surface area contributed by atoms with Gasteiger partial charge in [-0.1, -0.05) is 6.07 Å². The van der Waals surface area contributed by atoms with Gasteiger partial charge in [-0.3, -0.25) is 4.99 Å². The van der Waals surface area contributed by atoms with E-state index in [-0.39, 0.29) is 6.04 Å². The third-order valence-corrected chi connectivity index (χ3v) is 2.37. The highest BCUT2D eigenvalue weighted by Gasteiger charge is 2.16. The van der Waals surface area contributed by atoms with Crippen LogP contribution in [0.1, 0.15) is 11.7 Å². The maximum atomic E-state index is 5.59. The van der Waals surface area contributed by atoms with Crippen LogP contribution >= 0.6 is 15.9 Å². The summed E-state index contributed by atoms with van der Waals surface area (Å²) in [4.78, 5) is 8.59. The van der Waals surface area contributed by atoms with Crippen LogP contribution in [0.3, 0.4) is 0 Å². The van der Waals surface area contributed by atoms with E-state index in [9.17, 15) is 0 Å². The van der Waals surface area contributed by atoms with Crippen LogP contribution < -0.4 is 5.73 Å². The van der Waals surface area contributed by atoms with Gasteiger partial charge < -0.3 is 10.5 Å². The molecule has 0 unspecified atom stereocenters. The minimum absolute atomic E-state index is 0.0683. The summed E-state index contributed by atoms with van der Waals surface area (Å²) in [5.41, 5.74) is 6.46. The number of aliphatic imine (C=N–C) groups is 1. The molecule has 14 heavy (non-hydrogen) atoms. The van der Waals surface area contributed by atoms with Crippen molar-refractivity contribution >= 4 is 21.8 Å². The number of nitrogens with zero attached hydrogens (tertiary/aromatic N) is 2. The number of ether oxygens (including phenoxy) is 1. The van der Waals surface area contributed by atoms with Gasteiger partial charge in [-0.2, -0.15) is 0 Å². The van der Waals surface area contributed by atoms with Crippen molar-refractivity contribution in [2.45, 2.75) is 6.04 Å². The summed E-state index contributed by atoms with van der Waals surface area (Å²) in [5, 5.41) is 0. The van der Waals surface area contributed by atoms with E-state index in [1.807, 2.05) is 18.2 Å². The number of rotatable bonds is 1. The first-order valence-corrected chi connectivity index (χ1v) is 5.07. The van der Waals surface area contributed by atoms with Gasteiger partial charge in [0.15, 0.2) is 0 Å². The van der Waals surface area contributed by atoms with Crippen LogP contribution in [0.5, 0.6) is 0 Å². The number of amidine groups is 1. The first-order chi connectivity index (χ1) is 6.75. The van der Waals surface area contributed by atoms with E-state index in [4.69, 9.17) is 10.5 Å². The summed E-state index contributed by atoms with van der Waals surface area (Å²) >= 11 is 3.31. The van der Waals surface area contributed by atoms with E-state index in [1.54, 1.807) is 0 Å². The molecule has 74 valence electrons. The van der Waals surface area contributed by atoms with Crippen molar-refractivity contribution in [1.29, 1.82) is 0 Å². The minimum atomic E-state index is -0.0683. The Kier molecular flexibility index (Phi) is 2.79. The van der Waals surface area contributed by atoms with E-state index in [0.29, 0.717) is 19.0 Å².